The van der Waals surface area contributed by atoms with Gasteiger partial charge in [-0.15, -0.1) is 0 Å². The quantitative estimate of drug-likeness (QED) is 0.701. The van der Waals surface area contributed by atoms with Gasteiger partial charge in [0.2, 0.25) is 5.91 Å². The molecule has 0 aromatic rings. The molecule has 2 heterocycles. The lowest BCUT2D eigenvalue weighted by molar-refractivity contribution is -0.136. The van der Waals surface area contributed by atoms with Crippen molar-refractivity contribution in [3.63, 3.8) is 0 Å². The topological polar surface area (TPSA) is 32.3 Å². The number of carbonyl (C=O) groups is 1. The lowest BCUT2D eigenvalue weighted by atomic mass is 10.1. The summed E-state index contributed by atoms with van der Waals surface area (Å²) in [5, 5.41) is 3.57. The molecule has 2 aliphatic heterocycles. The smallest absolute Gasteiger partial charge is 0.225 e. The summed E-state index contributed by atoms with van der Waals surface area (Å²) in [4.78, 5) is 14.4. The van der Waals surface area contributed by atoms with Crippen LogP contribution in [-0.2, 0) is 4.79 Å². The van der Waals surface area contributed by atoms with E-state index in [4.69, 9.17) is 0 Å². The Hall–Kier alpha value is -0.570. The summed E-state index contributed by atoms with van der Waals surface area (Å²) in [5.74, 6) is 0.813. The number of fused-ring (bicyclic) bond motifs is 2. The summed E-state index contributed by atoms with van der Waals surface area (Å²) in [6, 6.07) is 1.18. The van der Waals surface area contributed by atoms with Gasteiger partial charge >= 0.3 is 0 Å². The first kappa shape index (κ1) is 9.64. The van der Waals surface area contributed by atoms with Crippen molar-refractivity contribution in [1.82, 2.24) is 10.2 Å². The maximum absolute atomic E-state index is 12.2. The number of rotatable bonds is 1. The highest BCUT2D eigenvalue weighted by Crippen LogP contribution is 2.29. The van der Waals surface area contributed by atoms with E-state index in [2.05, 4.69) is 10.2 Å². The van der Waals surface area contributed by atoms with Gasteiger partial charge in [0.25, 0.3) is 0 Å². The Morgan fingerprint density at radius 3 is 2.20 bits per heavy atom. The van der Waals surface area contributed by atoms with Gasteiger partial charge in [-0.25, -0.2) is 0 Å². The highest BCUT2D eigenvalue weighted by Gasteiger charge is 2.36. The Kier molecular flexibility index (Phi) is 2.43. The van der Waals surface area contributed by atoms with Crippen LogP contribution < -0.4 is 5.32 Å². The zero-order valence-electron chi connectivity index (χ0n) is 9.24. The van der Waals surface area contributed by atoms with E-state index >= 15 is 0 Å². The number of hydrogen-bond donors (Lipinski definition) is 1. The Labute approximate surface area is 91.2 Å². The molecule has 1 saturated carbocycles. The molecule has 1 aliphatic carbocycles. The van der Waals surface area contributed by atoms with Gasteiger partial charge in [-0.1, -0.05) is 12.8 Å². The number of piperazine rings is 1. The maximum atomic E-state index is 12.2. The van der Waals surface area contributed by atoms with Crippen molar-refractivity contribution in [3.8, 4) is 0 Å². The molecule has 1 N–H and O–H groups in total. The molecule has 3 rings (SSSR count). The molecule has 2 saturated heterocycles. The SMILES string of the molecule is O=C(C1CCCC1)N1CC2CCC(C1)N2. The molecule has 0 aromatic heterocycles. The molecule has 1 amide bonds. The third kappa shape index (κ3) is 1.78. The van der Waals surface area contributed by atoms with E-state index in [9.17, 15) is 4.79 Å². The number of nitrogens with one attached hydrogen (secondary N) is 1. The molecule has 3 nitrogen and oxygen atoms in total. The molecule has 0 radical (unpaired) electrons. The van der Waals surface area contributed by atoms with E-state index in [0.717, 1.165) is 25.9 Å². The molecule has 2 atom stereocenters. The third-order valence-electron chi connectivity index (χ3n) is 4.23. The summed E-state index contributed by atoms with van der Waals surface area (Å²) in [6.07, 6.45) is 7.32. The predicted molar refractivity (Wildman–Crippen MR) is 58.5 cm³/mol. The molecule has 15 heavy (non-hydrogen) atoms. The van der Waals surface area contributed by atoms with E-state index in [1.807, 2.05) is 0 Å². The number of carbonyl (C=O) groups excluding carboxylic acids is 1. The van der Waals surface area contributed by atoms with E-state index in [0.29, 0.717) is 23.9 Å². The van der Waals surface area contributed by atoms with Crippen LogP contribution in [0.25, 0.3) is 0 Å². The largest absolute Gasteiger partial charge is 0.339 e. The average molecular weight is 208 g/mol. The van der Waals surface area contributed by atoms with Crippen LogP contribution in [0.1, 0.15) is 38.5 Å². The fourth-order valence-electron chi connectivity index (χ4n) is 3.41. The van der Waals surface area contributed by atoms with Crippen molar-refractivity contribution >= 4 is 5.91 Å². The van der Waals surface area contributed by atoms with E-state index < -0.39 is 0 Å². The first-order chi connectivity index (χ1) is 7.33. The Bertz CT molecular complexity index is 248. The fraction of sp³-hybridized carbons (Fsp3) is 0.917. The molecule has 0 aromatic carbocycles. The Balaban J connectivity index is 1.64. The van der Waals surface area contributed by atoms with Gasteiger partial charge in [0, 0.05) is 31.1 Å². The van der Waals surface area contributed by atoms with Crippen molar-refractivity contribution in [1.29, 1.82) is 0 Å². The zero-order chi connectivity index (χ0) is 10.3. The molecule has 0 spiro atoms. The Morgan fingerprint density at radius 2 is 1.60 bits per heavy atom. The Morgan fingerprint density at radius 1 is 1.00 bits per heavy atom. The minimum Gasteiger partial charge on any atom is -0.339 e. The molecule has 2 unspecified atom stereocenters. The molecule has 3 fully saturated rings. The molecular weight excluding hydrogens is 188 g/mol. The first-order valence-corrected chi connectivity index (χ1v) is 6.38. The minimum atomic E-state index is 0.363. The van der Waals surface area contributed by atoms with Crippen molar-refractivity contribution in [2.24, 2.45) is 5.92 Å². The van der Waals surface area contributed by atoms with Gasteiger partial charge < -0.3 is 10.2 Å². The molecular formula is C12H20N2O. The van der Waals surface area contributed by atoms with Gasteiger partial charge in [-0.05, 0) is 25.7 Å². The monoisotopic (exact) mass is 208 g/mol. The van der Waals surface area contributed by atoms with Crippen molar-refractivity contribution in [3.05, 3.63) is 0 Å². The van der Waals surface area contributed by atoms with Crippen molar-refractivity contribution in [2.75, 3.05) is 13.1 Å². The van der Waals surface area contributed by atoms with E-state index in [1.54, 1.807) is 0 Å². The molecule has 2 bridgehead atoms. The molecule has 3 aliphatic rings. The van der Waals surface area contributed by atoms with Gasteiger partial charge in [-0.2, -0.15) is 0 Å². The van der Waals surface area contributed by atoms with Crippen LogP contribution in [0.2, 0.25) is 0 Å². The van der Waals surface area contributed by atoms with Gasteiger partial charge in [0.15, 0.2) is 0 Å². The van der Waals surface area contributed by atoms with Gasteiger partial charge in [0.05, 0.1) is 0 Å². The average Bonchev–Trinajstić information content (AvgIpc) is 2.87. The highest BCUT2D eigenvalue weighted by molar-refractivity contribution is 5.79. The summed E-state index contributed by atoms with van der Waals surface area (Å²) in [7, 11) is 0. The van der Waals surface area contributed by atoms with Crippen molar-refractivity contribution < 1.29 is 4.79 Å². The molecule has 84 valence electrons. The number of likely N-dealkylation sites (tertiary alicyclic amines) is 1. The van der Waals surface area contributed by atoms with Crippen LogP contribution >= 0.6 is 0 Å². The van der Waals surface area contributed by atoms with Crippen LogP contribution in [0, 0.1) is 5.92 Å². The first-order valence-electron chi connectivity index (χ1n) is 6.38. The second kappa shape index (κ2) is 3.78. The van der Waals surface area contributed by atoms with Crippen LogP contribution in [0.3, 0.4) is 0 Å². The van der Waals surface area contributed by atoms with Gasteiger partial charge in [-0.3, -0.25) is 4.79 Å². The second-order valence-corrected chi connectivity index (χ2v) is 5.36. The van der Waals surface area contributed by atoms with Crippen molar-refractivity contribution in [2.45, 2.75) is 50.6 Å². The zero-order valence-corrected chi connectivity index (χ0v) is 9.24. The summed E-state index contributed by atoms with van der Waals surface area (Å²) >= 11 is 0. The second-order valence-electron chi connectivity index (χ2n) is 5.36. The summed E-state index contributed by atoms with van der Waals surface area (Å²) in [5.41, 5.74) is 0. The lowest BCUT2D eigenvalue weighted by Gasteiger charge is -2.34. The van der Waals surface area contributed by atoms with E-state index in [-0.39, 0.29) is 0 Å². The highest BCUT2D eigenvalue weighted by atomic mass is 16.2. The fourth-order valence-corrected chi connectivity index (χ4v) is 3.41. The molecule has 3 heteroatoms. The van der Waals surface area contributed by atoms with Crippen LogP contribution in [-0.4, -0.2) is 36.0 Å². The van der Waals surface area contributed by atoms with Crippen LogP contribution in [0.4, 0.5) is 0 Å². The van der Waals surface area contributed by atoms with Gasteiger partial charge in [0.1, 0.15) is 0 Å². The predicted octanol–water partition coefficient (Wildman–Crippen LogP) is 1.14. The van der Waals surface area contributed by atoms with Crippen LogP contribution in [0.15, 0.2) is 0 Å². The summed E-state index contributed by atoms with van der Waals surface area (Å²) in [6.45, 7) is 1.93. The third-order valence-corrected chi connectivity index (χ3v) is 4.23. The number of nitrogens with zero attached hydrogens (tertiary/aromatic N) is 1. The normalized spacial score (nSPS) is 36.1. The number of amides is 1. The maximum Gasteiger partial charge on any atom is 0.225 e. The number of hydrogen-bond acceptors (Lipinski definition) is 2. The summed E-state index contributed by atoms with van der Waals surface area (Å²) < 4.78 is 0. The lowest BCUT2D eigenvalue weighted by Crippen LogP contribution is -2.54. The standard InChI is InChI=1S/C12H20N2O/c15-12(9-3-1-2-4-9)14-7-10-5-6-11(8-14)13-10/h9-11,13H,1-8H2. The van der Waals surface area contributed by atoms with E-state index in [1.165, 1.54) is 25.7 Å². The minimum absolute atomic E-state index is 0.363. The van der Waals surface area contributed by atoms with Crippen LogP contribution in [0.5, 0.6) is 0 Å².